The van der Waals surface area contributed by atoms with Gasteiger partial charge in [-0.2, -0.15) is 0 Å². The largest absolute Gasteiger partial charge is 0.488 e. The number of fused-ring (bicyclic) bond motifs is 3. The van der Waals surface area contributed by atoms with Crippen LogP contribution in [0.5, 0.6) is 5.75 Å². The average Bonchev–Trinajstić information content (AvgIpc) is 3.64. The summed E-state index contributed by atoms with van der Waals surface area (Å²) in [5.74, 6) is -2.02. The summed E-state index contributed by atoms with van der Waals surface area (Å²) in [4.78, 5) is 59.3. The standard InChI is InChI=1S/C36H40N4O7/c1-3-5-13-28-33(42)40-21-25(18-30(40)32(41)39-36(34(43)44)20-24(36)4-2)47-31-19-29(23-11-7-6-8-12-23)37-27-15-14-22(17-26(27)31)10-9-16-46-35(45)38-28/h4,6-8,11-12,14-15,17,19,24-25,28,30H,2-3,5,9-10,13,16,18,20-21H2,1H3,(H,38,45)(H,39,41)(H,43,44)/t24-,25+,28-,30-,36+/m0/s1. The van der Waals surface area contributed by atoms with Crippen molar-refractivity contribution < 1.29 is 33.8 Å². The van der Waals surface area contributed by atoms with Gasteiger partial charge in [-0.25, -0.2) is 14.6 Å². The monoisotopic (exact) mass is 640 g/mol. The van der Waals surface area contributed by atoms with E-state index in [9.17, 15) is 24.3 Å². The second-order valence-electron chi connectivity index (χ2n) is 12.6. The number of aromatic nitrogens is 1. The third kappa shape index (κ3) is 6.65. The minimum atomic E-state index is -1.46. The van der Waals surface area contributed by atoms with Crippen molar-refractivity contribution in [2.75, 3.05) is 13.2 Å². The van der Waals surface area contributed by atoms with E-state index in [0.717, 1.165) is 34.1 Å². The molecule has 3 aliphatic rings. The number of unbranched alkanes of at least 4 members (excludes halogenated alkanes) is 1. The normalized spacial score (nSPS) is 25.9. The highest BCUT2D eigenvalue weighted by molar-refractivity contribution is 5.96. The van der Waals surface area contributed by atoms with Crippen LogP contribution in [0.4, 0.5) is 4.79 Å². The minimum absolute atomic E-state index is 0.0609. The van der Waals surface area contributed by atoms with Gasteiger partial charge in [0.05, 0.1) is 24.4 Å². The number of benzene rings is 2. The van der Waals surface area contributed by atoms with Crippen molar-refractivity contribution in [1.29, 1.82) is 0 Å². The van der Waals surface area contributed by atoms with E-state index in [4.69, 9.17) is 14.5 Å². The summed E-state index contributed by atoms with van der Waals surface area (Å²) in [6.45, 7) is 5.91. The van der Waals surface area contributed by atoms with E-state index >= 15 is 0 Å². The number of carboxylic acid groups (broad SMARTS) is 1. The Labute approximate surface area is 273 Å². The van der Waals surface area contributed by atoms with Crippen LogP contribution in [0.15, 0.2) is 67.3 Å². The summed E-state index contributed by atoms with van der Waals surface area (Å²) in [7, 11) is 0. The summed E-state index contributed by atoms with van der Waals surface area (Å²) in [5, 5.41) is 16.2. The van der Waals surface area contributed by atoms with Crippen molar-refractivity contribution in [3.63, 3.8) is 0 Å². The molecular weight excluding hydrogens is 600 g/mol. The van der Waals surface area contributed by atoms with Crippen LogP contribution in [0.1, 0.15) is 51.0 Å². The van der Waals surface area contributed by atoms with Gasteiger partial charge in [0.1, 0.15) is 29.5 Å². The Bertz CT molecular complexity index is 1700. The van der Waals surface area contributed by atoms with Crippen LogP contribution < -0.4 is 15.4 Å². The smallest absolute Gasteiger partial charge is 0.407 e. The Balaban J connectivity index is 1.39. The summed E-state index contributed by atoms with van der Waals surface area (Å²) in [5.41, 5.74) is 1.92. The quantitative estimate of drug-likeness (QED) is 0.302. The summed E-state index contributed by atoms with van der Waals surface area (Å²) >= 11 is 0. The molecule has 2 aliphatic heterocycles. The molecule has 11 nitrogen and oxygen atoms in total. The summed E-state index contributed by atoms with van der Waals surface area (Å²) in [6.07, 6.45) is 3.60. The van der Waals surface area contributed by atoms with E-state index in [1.807, 2.05) is 61.5 Å². The highest BCUT2D eigenvalue weighted by Gasteiger charge is 2.61. The van der Waals surface area contributed by atoms with Gasteiger partial charge in [-0.1, -0.05) is 62.2 Å². The highest BCUT2D eigenvalue weighted by atomic mass is 16.5. The second-order valence-corrected chi connectivity index (χ2v) is 12.6. The average molecular weight is 641 g/mol. The Morgan fingerprint density at radius 2 is 2.00 bits per heavy atom. The predicted octanol–water partition coefficient (Wildman–Crippen LogP) is 4.63. The molecule has 6 rings (SSSR count). The van der Waals surface area contributed by atoms with Gasteiger partial charge in [-0.15, -0.1) is 6.58 Å². The Morgan fingerprint density at radius 3 is 2.72 bits per heavy atom. The number of nitrogens with one attached hydrogen (secondary N) is 2. The number of rotatable bonds is 8. The van der Waals surface area contributed by atoms with E-state index in [2.05, 4.69) is 17.2 Å². The molecule has 0 spiro atoms. The molecule has 2 aromatic carbocycles. The summed E-state index contributed by atoms with van der Waals surface area (Å²) in [6, 6.07) is 15.6. The number of alkyl carbamates (subject to hydrolysis) is 1. The van der Waals surface area contributed by atoms with Gasteiger partial charge in [0.15, 0.2) is 0 Å². The molecule has 3 amide bonds. The molecule has 47 heavy (non-hydrogen) atoms. The first kappa shape index (κ1) is 32.0. The summed E-state index contributed by atoms with van der Waals surface area (Å²) < 4.78 is 12.1. The van der Waals surface area contributed by atoms with Gasteiger partial charge in [0, 0.05) is 29.4 Å². The van der Waals surface area contributed by atoms with Crippen molar-refractivity contribution >= 4 is 34.8 Å². The molecule has 1 aliphatic carbocycles. The van der Waals surface area contributed by atoms with Crippen LogP contribution in [0.2, 0.25) is 0 Å². The third-order valence-electron chi connectivity index (χ3n) is 9.35. The second kappa shape index (κ2) is 13.4. The molecule has 5 atom stereocenters. The van der Waals surface area contributed by atoms with Crippen molar-refractivity contribution in [3.8, 4) is 17.0 Å². The Morgan fingerprint density at radius 1 is 1.19 bits per heavy atom. The molecule has 4 bridgehead atoms. The molecule has 3 aromatic rings. The van der Waals surface area contributed by atoms with Crippen LogP contribution in [0.25, 0.3) is 22.2 Å². The number of cyclic esters (lactones) is 1. The lowest BCUT2D eigenvalue weighted by molar-refractivity contribution is -0.145. The zero-order valence-electron chi connectivity index (χ0n) is 26.4. The van der Waals surface area contributed by atoms with Gasteiger partial charge in [0.25, 0.3) is 0 Å². The number of aliphatic carboxylic acids is 1. The van der Waals surface area contributed by atoms with Gasteiger partial charge < -0.3 is 30.1 Å². The van der Waals surface area contributed by atoms with Crippen molar-refractivity contribution in [2.45, 2.75) is 75.6 Å². The molecule has 2 fully saturated rings. The molecule has 11 heteroatoms. The topological polar surface area (TPSA) is 147 Å². The number of hydrogen-bond acceptors (Lipinski definition) is 7. The van der Waals surface area contributed by atoms with Gasteiger partial charge in [-0.3, -0.25) is 9.59 Å². The number of amides is 3. The molecule has 1 saturated heterocycles. The Kier molecular flexibility index (Phi) is 9.15. The SMILES string of the molecule is C=C[C@H]1C[C@]1(NC(=O)[C@@H]1C[C@@H]2CN1C(=O)[C@H](CCCC)NC(=O)OCCCc1ccc3nc(-c4ccccc4)cc(c3c1)O2)C(=O)O. The predicted molar refractivity (Wildman–Crippen MR) is 175 cm³/mol. The minimum Gasteiger partial charge on any atom is -0.488 e. The molecule has 1 aromatic heterocycles. The maximum atomic E-state index is 14.1. The number of hydrogen-bond donors (Lipinski definition) is 3. The number of carboxylic acids is 1. The van der Waals surface area contributed by atoms with Gasteiger partial charge in [0.2, 0.25) is 11.8 Å². The van der Waals surface area contributed by atoms with E-state index in [1.165, 1.54) is 11.0 Å². The first-order valence-corrected chi connectivity index (χ1v) is 16.3. The highest BCUT2D eigenvalue weighted by Crippen LogP contribution is 2.45. The van der Waals surface area contributed by atoms with Gasteiger partial charge in [-0.05, 0) is 43.4 Å². The molecule has 246 valence electrons. The fourth-order valence-corrected chi connectivity index (χ4v) is 6.62. The van der Waals surface area contributed by atoms with Crippen molar-refractivity contribution in [3.05, 3.63) is 72.8 Å². The lowest BCUT2D eigenvalue weighted by atomic mass is 10.0. The number of carbonyl (C=O) groups excluding carboxylic acids is 3. The third-order valence-corrected chi connectivity index (χ3v) is 9.35. The van der Waals surface area contributed by atoms with E-state index < -0.39 is 53.5 Å². The van der Waals surface area contributed by atoms with E-state index in [1.54, 1.807) is 0 Å². The number of nitrogens with zero attached hydrogens (tertiary/aromatic N) is 2. The van der Waals surface area contributed by atoms with E-state index in [-0.39, 0.29) is 26.0 Å². The number of aryl methyl sites for hydroxylation is 1. The molecule has 1 saturated carbocycles. The molecule has 0 radical (unpaired) electrons. The number of carbonyl (C=O) groups is 4. The molecular formula is C36H40N4O7. The fraction of sp³-hybridized carbons (Fsp3) is 0.417. The van der Waals surface area contributed by atoms with Crippen LogP contribution in [0.3, 0.4) is 0 Å². The number of ether oxygens (including phenoxy) is 2. The lowest BCUT2D eigenvalue weighted by Gasteiger charge is -2.29. The van der Waals surface area contributed by atoms with Crippen LogP contribution in [-0.2, 0) is 25.5 Å². The Hall–Kier alpha value is -4.93. The van der Waals surface area contributed by atoms with E-state index in [0.29, 0.717) is 31.4 Å². The van der Waals surface area contributed by atoms with Crippen LogP contribution in [0, 0.1) is 5.92 Å². The zero-order chi connectivity index (χ0) is 33.1. The maximum Gasteiger partial charge on any atom is 0.407 e. The first-order chi connectivity index (χ1) is 22.7. The zero-order valence-corrected chi connectivity index (χ0v) is 26.4. The van der Waals surface area contributed by atoms with Gasteiger partial charge >= 0.3 is 12.1 Å². The molecule has 0 unspecified atom stereocenters. The number of pyridine rings is 1. The van der Waals surface area contributed by atoms with Crippen molar-refractivity contribution in [2.24, 2.45) is 5.92 Å². The van der Waals surface area contributed by atoms with Crippen LogP contribution >= 0.6 is 0 Å². The molecule has 3 heterocycles. The lowest BCUT2D eigenvalue weighted by Crippen LogP contribution is -2.56. The molecule has 3 N–H and O–H groups in total. The first-order valence-electron chi connectivity index (χ1n) is 16.3. The maximum absolute atomic E-state index is 14.1. The van der Waals surface area contributed by atoms with Crippen molar-refractivity contribution in [1.82, 2.24) is 20.5 Å². The fourth-order valence-electron chi connectivity index (χ4n) is 6.62. The van der Waals surface area contributed by atoms with Crippen LogP contribution in [-0.4, -0.2) is 75.7 Å².